The van der Waals surface area contributed by atoms with Gasteiger partial charge in [0.15, 0.2) is 11.7 Å². The second-order valence-corrected chi connectivity index (χ2v) is 6.99. The fourth-order valence-corrected chi connectivity index (χ4v) is 3.02. The van der Waals surface area contributed by atoms with Crippen molar-refractivity contribution in [1.82, 2.24) is 5.32 Å². The summed E-state index contributed by atoms with van der Waals surface area (Å²) >= 11 is 14.7. The minimum Gasteiger partial charge on any atom is -0.483 e. The lowest BCUT2D eigenvalue weighted by Gasteiger charge is -2.13. The Bertz CT molecular complexity index is 799. The second-order valence-electron chi connectivity index (χ2n) is 5.32. The van der Waals surface area contributed by atoms with Crippen LogP contribution < -0.4 is 15.4 Å². The summed E-state index contributed by atoms with van der Waals surface area (Å²) in [4.78, 5) is 12.0. The van der Waals surface area contributed by atoms with Gasteiger partial charge in [-0.2, -0.15) is 0 Å². The van der Waals surface area contributed by atoms with E-state index in [0.29, 0.717) is 10.8 Å². The van der Waals surface area contributed by atoms with Gasteiger partial charge in [0.1, 0.15) is 5.75 Å². The third kappa shape index (κ3) is 5.70. The van der Waals surface area contributed by atoms with Gasteiger partial charge >= 0.3 is 0 Å². The molecule has 2 aromatic rings. The lowest BCUT2D eigenvalue weighted by Crippen LogP contribution is -2.37. The Labute approximate surface area is 166 Å². The molecular formula is C18H18BrClN2O2S. The molecule has 7 heteroatoms. The van der Waals surface area contributed by atoms with Crippen LogP contribution >= 0.6 is 39.7 Å². The van der Waals surface area contributed by atoms with E-state index in [4.69, 9.17) is 28.6 Å². The number of carbonyl (C=O) groups is 1. The van der Waals surface area contributed by atoms with Crippen LogP contribution in [0.1, 0.15) is 18.1 Å². The van der Waals surface area contributed by atoms with Crippen LogP contribution in [0.4, 0.5) is 5.69 Å². The Kier molecular flexibility index (Phi) is 7.23. The summed E-state index contributed by atoms with van der Waals surface area (Å²) in [5, 5.41) is 6.36. The maximum atomic E-state index is 12.0. The van der Waals surface area contributed by atoms with Crippen molar-refractivity contribution in [2.45, 2.75) is 20.3 Å². The minimum atomic E-state index is -0.344. The number of thiocarbonyl (C=S) groups is 1. The predicted octanol–water partition coefficient (Wildman–Crippen LogP) is 4.87. The van der Waals surface area contributed by atoms with Gasteiger partial charge in [0, 0.05) is 10.7 Å². The summed E-state index contributed by atoms with van der Waals surface area (Å²) in [7, 11) is 0. The Morgan fingerprint density at radius 1 is 1.32 bits per heavy atom. The molecule has 0 unspecified atom stereocenters. The molecular weight excluding hydrogens is 424 g/mol. The molecule has 1 amide bonds. The molecule has 0 aromatic heterocycles. The second kappa shape index (κ2) is 9.17. The molecule has 0 saturated heterocycles. The molecule has 0 atom stereocenters. The number of carbonyl (C=O) groups excluding carboxylic acids is 1. The van der Waals surface area contributed by atoms with Gasteiger partial charge in [-0.15, -0.1) is 0 Å². The molecule has 2 aromatic carbocycles. The SMILES string of the molecule is CCc1ccc(OCC(=O)NC(=S)Nc2cccc(Cl)c2C)c(Br)c1. The van der Waals surface area contributed by atoms with Crippen molar-refractivity contribution in [1.29, 1.82) is 0 Å². The van der Waals surface area contributed by atoms with Gasteiger partial charge in [0.2, 0.25) is 0 Å². The van der Waals surface area contributed by atoms with Crippen molar-refractivity contribution in [3.05, 3.63) is 57.0 Å². The quantitative estimate of drug-likeness (QED) is 0.650. The zero-order valence-electron chi connectivity index (χ0n) is 13.9. The summed E-state index contributed by atoms with van der Waals surface area (Å²) in [5.74, 6) is 0.264. The Balaban J connectivity index is 1.87. The van der Waals surface area contributed by atoms with E-state index in [1.807, 2.05) is 37.3 Å². The first-order valence-electron chi connectivity index (χ1n) is 7.68. The highest BCUT2D eigenvalue weighted by atomic mass is 79.9. The molecule has 4 nitrogen and oxygen atoms in total. The fourth-order valence-electron chi connectivity index (χ4n) is 2.08. The van der Waals surface area contributed by atoms with Gasteiger partial charge in [0.25, 0.3) is 5.91 Å². The monoisotopic (exact) mass is 440 g/mol. The van der Waals surface area contributed by atoms with Gasteiger partial charge in [-0.25, -0.2) is 0 Å². The molecule has 25 heavy (non-hydrogen) atoms. The molecule has 0 radical (unpaired) electrons. The molecule has 2 N–H and O–H groups in total. The van der Waals surface area contributed by atoms with E-state index in [0.717, 1.165) is 22.1 Å². The van der Waals surface area contributed by atoms with E-state index in [-0.39, 0.29) is 17.6 Å². The van der Waals surface area contributed by atoms with E-state index in [1.165, 1.54) is 5.56 Å². The number of hydrogen-bond acceptors (Lipinski definition) is 3. The number of rotatable bonds is 5. The van der Waals surface area contributed by atoms with Crippen LogP contribution in [0.25, 0.3) is 0 Å². The number of amides is 1. The molecule has 0 aliphatic rings. The number of halogens is 2. The van der Waals surface area contributed by atoms with E-state index in [2.05, 4.69) is 33.5 Å². The molecule has 0 fully saturated rings. The zero-order valence-corrected chi connectivity index (χ0v) is 17.0. The van der Waals surface area contributed by atoms with Crippen molar-refractivity contribution in [2.75, 3.05) is 11.9 Å². The molecule has 0 saturated carbocycles. The molecule has 0 spiro atoms. The Morgan fingerprint density at radius 2 is 2.08 bits per heavy atom. The predicted molar refractivity (Wildman–Crippen MR) is 110 cm³/mol. The molecule has 0 aliphatic carbocycles. The highest BCUT2D eigenvalue weighted by molar-refractivity contribution is 9.10. The minimum absolute atomic E-state index is 0.138. The van der Waals surface area contributed by atoms with E-state index in [1.54, 1.807) is 6.07 Å². The topological polar surface area (TPSA) is 50.4 Å². The van der Waals surface area contributed by atoms with E-state index in [9.17, 15) is 4.79 Å². The number of hydrogen-bond donors (Lipinski definition) is 2. The Morgan fingerprint density at radius 3 is 2.76 bits per heavy atom. The summed E-state index contributed by atoms with van der Waals surface area (Å²) in [5.41, 5.74) is 2.79. The molecule has 0 heterocycles. The van der Waals surface area contributed by atoms with Crippen molar-refractivity contribution in [2.24, 2.45) is 0 Å². The first-order chi connectivity index (χ1) is 11.9. The van der Waals surface area contributed by atoms with Crippen molar-refractivity contribution in [3.63, 3.8) is 0 Å². The summed E-state index contributed by atoms with van der Waals surface area (Å²) in [6, 6.07) is 11.2. The number of aryl methyl sites for hydroxylation is 1. The van der Waals surface area contributed by atoms with Crippen LogP contribution in [-0.2, 0) is 11.2 Å². The standard InChI is InChI=1S/C18H18BrClN2O2S/c1-3-12-7-8-16(13(19)9-12)24-10-17(23)22-18(25)21-15-6-4-5-14(20)11(15)2/h4-9H,3,10H2,1-2H3,(H2,21,22,23,25). The number of benzene rings is 2. The number of anilines is 1. The molecule has 0 aliphatic heterocycles. The molecule has 0 bridgehead atoms. The van der Waals surface area contributed by atoms with Crippen LogP contribution in [0.15, 0.2) is 40.9 Å². The summed E-state index contributed by atoms with van der Waals surface area (Å²) in [6.45, 7) is 3.81. The summed E-state index contributed by atoms with van der Waals surface area (Å²) < 4.78 is 6.34. The first kappa shape index (κ1) is 19.7. The summed E-state index contributed by atoms with van der Waals surface area (Å²) in [6.07, 6.45) is 0.933. The van der Waals surface area contributed by atoms with Crippen LogP contribution in [0.5, 0.6) is 5.75 Å². The van der Waals surface area contributed by atoms with Crippen LogP contribution in [0.3, 0.4) is 0 Å². The van der Waals surface area contributed by atoms with Crippen molar-refractivity contribution < 1.29 is 9.53 Å². The first-order valence-corrected chi connectivity index (χ1v) is 9.25. The van der Waals surface area contributed by atoms with Gasteiger partial charge in [-0.3, -0.25) is 10.1 Å². The smallest absolute Gasteiger partial charge is 0.264 e. The van der Waals surface area contributed by atoms with Gasteiger partial charge < -0.3 is 10.1 Å². The highest BCUT2D eigenvalue weighted by Gasteiger charge is 2.09. The molecule has 2 rings (SSSR count). The number of ether oxygens (including phenoxy) is 1. The van der Waals surface area contributed by atoms with Gasteiger partial charge in [-0.05, 0) is 76.9 Å². The van der Waals surface area contributed by atoms with Crippen LogP contribution in [0.2, 0.25) is 5.02 Å². The Hall–Kier alpha value is -1.63. The van der Waals surface area contributed by atoms with Gasteiger partial charge in [0.05, 0.1) is 4.47 Å². The fraction of sp³-hybridized carbons (Fsp3) is 0.222. The van der Waals surface area contributed by atoms with E-state index < -0.39 is 0 Å². The third-order valence-corrected chi connectivity index (χ3v) is 4.77. The molecule has 132 valence electrons. The van der Waals surface area contributed by atoms with E-state index >= 15 is 0 Å². The third-order valence-electron chi connectivity index (χ3n) is 3.53. The average Bonchev–Trinajstić information content (AvgIpc) is 2.57. The maximum absolute atomic E-state index is 12.0. The normalized spacial score (nSPS) is 10.2. The largest absolute Gasteiger partial charge is 0.483 e. The highest BCUT2D eigenvalue weighted by Crippen LogP contribution is 2.26. The van der Waals surface area contributed by atoms with Crippen molar-refractivity contribution in [3.8, 4) is 5.75 Å². The van der Waals surface area contributed by atoms with Crippen molar-refractivity contribution >= 4 is 56.5 Å². The maximum Gasteiger partial charge on any atom is 0.264 e. The lowest BCUT2D eigenvalue weighted by molar-refractivity contribution is -0.121. The van der Waals surface area contributed by atoms with Gasteiger partial charge in [-0.1, -0.05) is 30.7 Å². The lowest BCUT2D eigenvalue weighted by atomic mass is 10.2. The zero-order chi connectivity index (χ0) is 18.4. The average molecular weight is 442 g/mol. The van der Waals surface area contributed by atoms with Crippen LogP contribution in [-0.4, -0.2) is 17.6 Å². The van der Waals surface area contributed by atoms with Crippen LogP contribution in [0, 0.1) is 6.92 Å². The number of nitrogens with one attached hydrogen (secondary N) is 2.